The molecule has 3 rings (SSSR count). The van der Waals surface area contributed by atoms with Gasteiger partial charge in [0.15, 0.2) is 0 Å². The van der Waals surface area contributed by atoms with E-state index in [9.17, 15) is 18.0 Å². The summed E-state index contributed by atoms with van der Waals surface area (Å²) in [4.78, 5) is 28.3. The zero-order valence-corrected chi connectivity index (χ0v) is 24.6. The van der Waals surface area contributed by atoms with Gasteiger partial charge in [-0.2, -0.15) is 0 Å². The molecule has 0 saturated heterocycles. The molecule has 0 aromatic heterocycles. The second-order valence-corrected chi connectivity index (χ2v) is 11.9. The third-order valence-electron chi connectivity index (χ3n) is 6.30. The fourth-order valence-electron chi connectivity index (χ4n) is 3.90. The summed E-state index contributed by atoms with van der Waals surface area (Å²) in [5, 5.41) is 3.73. The molecule has 0 radical (unpaired) electrons. The Labute approximate surface area is 240 Å². The zero-order valence-electron chi connectivity index (χ0n) is 22.2. The topological polar surface area (TPSA) is 86.8 Å². The summed E-state index contributed by atoms with van der Waals surface area (Å²) in [6.45, 7) is 5.47. The van der Waals surface area contributed by atoms with Gasteiger partial charge in [0, 0.05) is 23.1 Å². The molecular formula is C29H33Cl2N3O4S. The van der Waals surface area contributed by atoms with Gasteiger partial charge in [-0.3, -0.25) is 13.9 Å². The van der Waals surface area contributed by atoms with Crippen molar-refractivity contribution in [3.8, 4) is 0 Å². The molecule has 0 unspecified atom stereocenters. The molecule has 0 aliphatic rings. The van der Waals surface area contributed by atoms with Crippen molar-refractivity contribution in [3.63, 3.8) is 0 Å². The first-order chi connectivity index (χ1) is 18.5. The van der Waals surface area contributed by atoms with Crippen LogP contribution in [0.2, 0.25) is 10.0 Å². The van der Waals surface area contributed by atoms with E-state index in [-0.39, 0.29) is 23.0 Å². The maximum Gasteiger partial charge on any atom is 0.264 e. The summed E-state index contributed by atoms with van der Waals surface area (Å²) in [5.41, 5.74) is 1.81. The van der Waals surface area contributed by atoms with Crippen LogP contribution in [-0.2, 0) is 26.2 Å². The minimum atomic E-state index is -4.14. The van der Waals surface area contributed by atoms with Crippen molar-refractivity contribution in [1.82, 2.24) is 10.2 Å². The molecule has 0 spiro atoms. The SMILES string of the molecule is CCCCNC(=O)[C@H](C)N(Cc1ccccc1Cl)C(=O)CN(c1ccc(Cl)cc1)S(=O)(=O)c1ccc(C)cc1. The summed E-state index contributed by atoms with van der Waals surface area (Å²) < 4.78 is 28.6. The van der Waals surface area contributed by atoms with E-state index in [0.29, 0.717) is 22.2 Å². The molecule has 10 heteroatoms. The third kappa shape index (κ3) is 7.97. The number of nitrogens with one attached hydrogen (secondary N) is 1. The summed E-state index contributed by atoms with van der Waals surface area (Å²) in [6.07, 6.45) is 1.71. The lowest BCUT2D eigenvalue weighted by Crippen LogP contribution is -2.51. The smallest absolute Gasteiger partial charge is 0.264 e. The van der Waals surface area contributed by atoms with Gasteiger partial charge in [0.25, 0.3) is 10.0 Å². The number of rotatable bonds is 12. The van der Waals surface area contributed by atoms with Gasteiger partial charge in [0.05, 0.1) is 10.6 Å². The molecule has 0 saturated carbocycles. The van der Waals surface area contributed by atoms with Gasteiger partial charge in [0.2, 0.25) is 11.8 Å². The van der Waals surface area contributed by atoms with Crippen LogP contribution in [0.5, 0.6) is 0 Å². The van der Waals surface area contributed by atoms with Gasteiger partial charge < -0.3 is 10.2 Å². The summed E-state index contributed by atoms with van der Waals surface area (Å²) in [5.74, 6) is -0.887. The highest BCUT2D eigenvalue weighted by Crippen LogP contribution is 2.27. The highest BCUT2D eigenvalue weighted by molar-refractivity contribution is 7.92. The number of anilines is 1. The van der Waals surface area contributed by atoms with E-state index in [1.807, 2.05) is 13.8 Å². The van der Waals surface area contributed by atoms with Crippen LogP contribution in [0.4, 0.5) is 5.69 Å². The lowest BCUT2D eigenvalue weighted by molar-refractivity contribution is -0.139. The summed E-state index contributed by atoms with van der Waals surface area (Å²) in [6, 6.07) is 18.8. The van der Waals surface area contributed by atoms with Crippen LogP contribution in [0.3, 0.4) is 0 Å². The van der Waals surface area contributed by atoms with Crippen molar-refractivity contribution in [2.75, 3.05) is 17.4 Å². The molecule has 3 aromatic rings. The number of carbonyl (C=O) groups is 2. The molecule has 0 bridgehead atoms. The van der Waals surface area contributed by atoms with E-state index in [2.05, 4.69) is 5.32 Å². The molecule has 7 nitrogen and oxygen atoms in total. The molecule has 208 valence electrons. The molecule has 3 aromatic carbocycles. The van der Waals surface area contributed by atoms with Crippen molar-refractivity contribution in [3.05, 3.63) is 94.0 Å². The number of benzene rings is 3. The van der Waals surface area contributed by atoms with Crippen LogP contribution >= 0.6 is 23.2 Å². The maximum absolute atomic E-state index is 13.9. The number of nitrogens with zero attached hydrogens (tertiary/aromatic N) is 2. The number of carbonyl (C=O) groups excluding carboxylic acids is 2. The Morgan fingerprint density at radius 1 is 0.949 bits per heavy atom. The van der Waals surface area contributed by atoms with Crippen LogP contribution in [0.25, 0.3) is 0 Å². The summed E-state index contributed by atoms with van der Waals surface area (Å²) in [7, 11) is -4.14. The Morgan fingerprint density at radius 3 is 2.21 bits per heavy atom. The van der Waals surface area contributed by atoms with E-state index in [0.717, 1.165) is 22.7 Å². The largest absolute Gasteiger partial charge is 0.354 e. The van der Waals surface area contributed by atoms with E-state index < -0.39 is 28.5 Å². The molecule has 1 atom stereocenters. The quantitative estimate of drug-likeness (QED) is 0.269. The van der Waals surface area contributed by atoms with Crippen LogP contribution in [0.1, 0.15) is 37.8 Å². The Morgan fingerprint density at radius 2 is 1.59 bits per heavy atom. The standard InChI is InChI=1S/C29H33Cl2N3O4S/c1-4-5-18-32-29(36)22(3)33(19-23-8-6-7-9-27(23)31)28(35)20-34(25-14-12-24(30)13-15-25)39(37,38)26-16-10-21(2)11-17-26/h6-17,22H,4-5,18-20H2,1-3H3,(H,32,36)/t22-/m0/s1. The van der Waals surface area contributed by atoms with Crippen molar-refractivity contribution < 1.29 is 18.0 Å². The monoisotopic (exact) mass is 589 g/mol. The number of unbranched alkanes of at least 4 members (excludes halogenated alkanes) is 1. The van der Waals surface area contributed by atoms with Crippen LogP contribution in [0.15, 0.2) is 77.7 Å². The second-order valence-electron chi connectivity index (χ2n) is 9.23. The first-order valence-electron chi connectivity index (χ1n) is 12.7. The number of sulfonamides is 1. The predicted octanol–water partition coefficient (Wildman–Crippen LogP) is 5.83. The van der Waals surface area contributed by atoms with Gasteiger partial charge in [-0.25, -0.2) is 8.42 Å². The lowest BCUT2D eigenvalue weighted by atomic mass is 10.1. The van der Waals surface area contributed by atoms with Crippen LogP contribution < -0.4 is 9.62 Å². The number of hydrogen-bond acceptors (Lipinski definition) is 4. The highest BCUT2D eigenvalue weighted by atomic mass is 35.5. The van der Waals surface area contributed by atoms with Crippen LogP contribution in [0, 0.1) is 6.92 Å². The Balaban J connectivity index is 2.00. The number of amides is 2. The predicted molar refractivity (Wildman–Crippen MR) is 157 cm³/mol. The molecule has 0 heterocycles. The highest BCUT2D eigenvalue weighted by Gasteiger charge is 2.32. The lowest BCUT2D eigenvalue weighted by Gasteiger charge is -2.32. The first-order valence-corrected chi connectivity index (χ1v) is 14.9. The van der Waals surface area contributed by atoms with Crippen molar-refractivity contribution in [1.29, 1.82) is 0 Å². The van der Waals surface area contributed by atoms with E-state index in [1.165, 1.54) is 17.0 Å². The van der Waals surface area contributed by atoms with Crippen molar-refractivity contribution >= 4 is 50.7 Å². The minimum Gasteiger partial charge on any atom is -0.354 e. The Hall–Kier alpha value is -3.07. The number of halogens is 2. The van der Waals surface area contributed by atoms with E-state index >= 15 is 0 Å². The van der Waals surface area contributed by atoms with Crippen molar-refractivity contribution in [2.45, 2.75) is 51.1 Å². The third-order valence-corrected chi connectivity index (χ3v) is 8.71. The zero-order chi connectivity index (χ0) is 28.6. The summed E-state index contributed by atoms with van der Waals surface area (Å²) >= 11 is 12.4. The van der Waals surface area contributed by atoms with Gasteiger partial charge in [0.1, 0.15) is 12.6 Å². The second kappa shape index (κ2) is 13.8. The fourth-order valence-corrected chi connectivity index (χ4v) is 5.64. The molecule has 0 aliphatic heterocycles. The fraction of sp³-hybridized carbons (Fsp3) is 0.310. The van der Waals surface area contributed by atoms with Gasteiger partial charge in [-0.1, -0.05) is 72.4 Å². The Kier molecular flexibility index (Phi) is 10.8. The van der Waals surface area contributed by atoms with Crippen LogP contribution in [-0.4, -0.2) is 44.3 Å². The van der Waals surface area contributed by atoms with Gasteiger partial charge in [-0.05, 0) is 68.3 Å². The molecular weight excluding hydrogens is 557 g/mol. The molecule has 2 amide bonds. The maximum atomic E-state index is 13.9. The minimum absolute atomic E-state index is 0.0277. The van der Waals surface area contributed by atoms with E-state index in [1.54, 1.807) is 67.6 Å². The molecule has 39 heavy (non-hydrogen) atoms. The Bertz CT molecular complexity index is 1380. The van der Waals surface area contributed by atoms with Crippen molar-refractivity contribution in [2.24, 2.45) is 0 Å². The average molecular weight is 591 g/mol. The normalized spacial score (nSPS) is 12.0. The number of hydrogen-bond donors (Lipinski definition) is 1. The average Bonchev–Trinajstić information content (AvgIpc) is 2.91. The molecule has 0 fully saturated rings. The molecule has 1 N–H and O–H groups in total. The number of aryl methyl sites for hydroxylation is 1. The van der Waals surface area contributed by atoms with Gasteiger partial charge >= 0.3 is 0 Å². The van der Waals surface area contributed by atoms with Gasteiger partial charge in [-0.15, -0.1) is 0 Å². The molecule has 0 aliphatic carbocycles. The van der Waals surface area contributed by atoms with E-state index in [4.69, 9.17) is 23.2 Å². The first kappa shape index (κ1) is 30.5.